The van der Waals surface area contributed by atoms with E-state index in [1.807, 2.05) is 26.0 Å². The maximum absolute atomic E-state index is 12.5. The van der Waals surface area contributed by atoms with E-state index >= 15 is 0 Å². The third-order valence-electron chi connectivity index (χ3n) is 4.97. The number of rotatable bonds is 6. The Labute approximate surface area is 164 Å². The second kappa shape index (κ2) is 8.66. The molecule has 0 amide bonds. The number of Topliss-reactive ketones (excluding diaryl/α,β-unsaturated/α-hetero) is 1. The second-order valence-corrected chi connectivity index (χ2v) is 6.96. The van der Waals surface area contributed by atoms with Gasteiger partial charge in [0.1, 0.15) is 11.6 Å². The fourth-order valence-corrected chi connectivity index (χ4v) is 3.09. The Hall–Kier alpha value is -3.20. The van der Waals surface area contributed by atoms with Crippen molar-refractivity contribution in [1.82, 2.24) is 4.98 Å². The molecule has 0 radical (unpaired) electrons. The molecule has 1 aromatic heterocycles. The van der Waals surface area contributed by atoms with E-state index in [9.17, 15) is 14.4 Å². The first-order valence-corrected chi connectivity index (χ1v) is 9.09. The minimum Gasteiger partial charge on any atom is -0.454 e. The van der Waals surface area contributed by atoms with Crippen LogP contribution in [0.2, 0.25) is 0 Å². The highest BCUT2D eigenvalue weighted by atomic mass is 16.5. The number of hydrogen-bond acceptors (Lipinski definition) is 5. The molecule has 1 N–H and O–H groups in total. The zero-order valence-corrected chi connectivity index (χ0v) is 16.8. The summed E-state index contributed by atoms with van der Waals surface area (Å²) in [5.41, 5.74) is 4.13. The summed E-state index contributed by atoms with van der Waals surface area (Å²) in [4.78, 5) is 39.1. The van der Waals surface area contributed by atoms with Gasteiger partial charge in [0.15, 0.2) is 6.10 Å². The van der Waals surface area contributed by atoms with Gasteiger partial charge in [-0.3, -0.25) is 14.4 Å². The lowest BCUT2D eigenvalue weighted by Crippen LogP contribution is -2.25. The highest BCUT2D eigenvalue weighted by Gasteiger charge is 2.20. The van der Waals surface area contributed by atoms with Crippen LogP contribution in [0, 0.1) is 39.0 Å². The number of pyridine rings is 1. The Morgan fingerprint density at radius 3 is 2.46 bits per heavy atom. The molecule has 1 aromatic carbocycles. The standard InChI is InChI=1S/C22H24N2O4/c1-12-6-7-17(10-13(12)2)21(26)16(5)28-20(25)9-8-18-14(3)19(11-23)22(27)24-15(18)4/h6-7,10,16H,8-9H2,1-5H3,(H,24,27)/t16-/m1/s1. The average Bonchev–Trinajstić information content (AvgIpc) is 2.63. The van der Waals surface area contributed by atoms with Crippen molar-refractivity contribution in [2.45, 2.75) is 53.6 Å². The van der Waals surface area contributed by atoms with E-state index in [1.165, 1.54) is 0 Å². The van der Waals surface area contributed by atoms with Gasteiger partial charge in [-0.15, -0.1) is 0 Å². The first kappa shape index (κ1) is 21.1. The van der Waals surface area contributed by atoms with E-state index in [0.29, 0.717) is 23.2 Å². The van der Waals surface area contributed by atoms with Gasteiger partial charge in [-0.05, 0) is 69.4 Å². The largest absolute Gasteiger partial charge is 0.454 e. The molecule has 1 heterocycles. The number of hydrogen-bond donors (Lipinski definition) is 1. The third kappa shape index (κ3) is 4.55. The van der Waals surface area contributed by atoms with Crippen molar-refractivity contribution in [3.8, 4) is 6.07 Å². The molecule has 146 valence electrons. The molecular weight excluding hydrogens is 356 g/mol. The fraction of sp³-hybridized carbons (Fsp3) is 0.364. The highest BCUT2D eigenvalue weighted by Crippen LogP contribution is 2.17. The molecule has 0 aliphatic heterocycles. The molecule has 0 fully saturated rings. The van der Waals surface area contributed by atoms with Gasteiger partial charge in [0.25, 0.3) is 5.56 Å². The number of nitriles is 1. The van der Waals surface area contributed by atoms with Gasteiger partial charge in [-0.2, -0.15) is 5.26 Å². The number of aromatic amines is 1. The first-order chi connectivity index (χ1) is 13.1. The van der Waals surface area contributed by atoms with Crippen molar-refractivity contribution in [3.05, 3.63) is 67.6 Å². The molecule has 1 atom stereocenters. The molecule has 0 saturated carbocycles. The van der Waals surface area contributed by atoms with Crippen LogP contribution in [-0.4, -0.2) is 22.8 Å². The van der Waals surface area contributed by atoms with Crippen LogP contribution in [0.15, 0.2) is 23.0 Å². The lowest BCUT2D eigenvalue weighted by molar-refractivity contribution is -0.146. The van der Waals surface area contributed by atoms with Crippen LogP contribution in [0.25, 0.3) is 0 Å². The summed E-state index contributed by atoms with van der Waals surface area (Å²) in [6, 6.07) is 7.27. The third-order valence-corrected chi connectivity index (χ3v) is 4.97. The van der Waals surface area contributed by atoms with E-state index < -0.39 is 17.6 Å². The summed E-state index contributed by atoms with van der Waals surface area (Å²) < 4.78 is 5.29. The lowest BCUT2D eigenvalue weighted by Gasteiger charge is -2.14. The lowest BCUT2D eigenvalue weighted by atomic mass is 9.99. The van der Waals surface area contributed by atoms with Crippen molar-refractivity contribution in [1.29, 1.82) is 5.26 Å². The second-order valence-electron chi connectivity index (χ2n) is 6.96. The predicted octanol–water partition coefficient (Wildman–Crippen LogP) is 3.23. The van der Waals surface area contributed by atoms with Gasteiger partial charge in [-0.25, -0.2) is 0 Å². The van der Waals surface area contributed by atoms with Crippen LogP contribution in [0.5, 0.6) is 0 Å². The number of aromatic nitrogens is 1. The highest BCUT2D eigenvalue weighted by molar-refractivity contribution is 6.00. The van der Waals surface area contributed by atoms with Crippen molar-refractivity contribution in [3.63, 3.8) is 0 Å². The summed E-state index contributed by atoms with van der Waals surface area (Å²) >= 11 is 0. The Morgan fingerprint density at radius 1 is 1.18 bits per heavy atom. The summed E-state index contributed by atoms with van der Waals surface area (Å²) in [5, 5.41) is 9.12. The van der Waals surface area contributed by atoms with Crippen molar-refractivity contribution < 1.29 is 14.3 Å². The molecule has 0 unspecified atom stereocenters. The number of aryl methyl sites for hydroxylation is 3. The number of benzene rings is 1. The maximum atomic E-state index is 12.5. The van der Waals surface area contributed by atoms with Crippen molar-refractivity contribution >= 4 is 11.8 Å². The van der Waals surface area contributed by atoms with Gasteiger partial charge >= 0.3 is 5.97 Å². The number of esters is 1. The summed E-state index contributed by atoms with van der Waals surface area (Å²) in [6.45, 7) is 8.86. The number of carbonyl (C=O) groups is 2. The number of ketones is 1. The van der Waals surface area contributed by atoms with E-state index in [2.05, 4.69) is 4.98 Å². The zero-order chi connectivity index (χ0) is 21.0. The predicted molar refractivity (Wildman–Crippen MR) is 105 cm³/mol. The molecule has 0 saturated heterocycles. The number of ether oxygens (including phenoxy) is 1. The summed E-state index contributed by atoms with van der Waals surface area (Å²) in [6.07, 6.45) is -0.530. The van der Waals surface area contributed by atoms with Gasteiger partial charge in [-0.1, -0.05) is 12.1 Å². The van der Waals surface area contributed by atoms with Gasteiger partial charge in [0, 0.05) is 17.7 Å². The number of carbonyl (C=O) groups excluding carboxylic acids is 2. The van der Waals surface area contributed by atoms with Crippen LogP contribution in [0.4, 0.5) is 0 Å². The van der Waals surface area contributed by atoms with Crippen LogP contribution >= 0.6 is 0 Å². The minimum absolute atomic E-state index is 0.0448. The topological polar surface area (TPSA) is 100 Å². The van der Waals surface area contributed by atoms with Gasteiger partial charge < -0.3 is 9.72 Å². The van der Waals surface area contributed by atoms with E-state index in [0.717, 1.165) is 16.7 Å². The van der Waals surface area contributed by atoms with Crippen molar-refractivity contribution in [2.75, 3.05) is 0 Å². The van der Waals surface area contributed by atoms with Crippen LogP contribution in [0.3, 0.4) is 0 Å². The van der Waals surface area contributed by atoms with E-state index in [4.69, 9.17) is 10.00 Å². The fourth-order valence-electron chi connectivity index (χ4n) is 3.09. The number of nitrogens with zero attached hydrogens (tertiary/aromatic N) is 1. The van der Waals surface area contributed by atoms with Crippen molar-refractivity contribution in [2.24, 2.45) is 0 Å². The smallest absolute Gasteiger partial charge is 0.306 e. The molecular formula is C22H24N2O4. The Bertz CT molecular complexity index is 1030. The first-order valence-electron chi connectivity index (χ1n) is 9.09. The van der Waals surface area contributed by atoms with Crippen LogP contribution < -0.4 is 5.56 Å². The SMILES string of the molecule is Cc1ccc(C(=O)[C@@H](C)OC(=O)CCc2c(C)[nH]c(=O)c(C#N)c2C)cc1C. The van der Waals surface area contributed by atoms with E-state index in [1.54, 1.807) is 32.9 Å². The normalized spacial score (nSPS) is 11.6. The van der Waals surface area contributed by atoms with Crippen LogP contribution in [-0.2, 0) is 16.0 Å². The monoisotopic (exact) mass is 380 g/mol. The Balaban J connectivity index is 2.05. The Morgan fingerprint density at radius 2 is 1.86 bits per heavy atom. The average molecular weight is 380 g/mol. The molecule has 6 heteroatoms. The van der Waals surface area contributed by atoms with Gasteiger partial charge in [0.05, 0.1) is 0 Å². The number of nitrogens with one attached hydrogen (secondary N) is 1. The minimum atomic E-state index is -0.887. The molecule has 0 aliphatic carbocycles. The molecule has 28 heavy (non-hydrogen) atoms. The number of H-pyrrole nitrogens is 1. The maximum Gasteiger partial charge on any atom is 0.306 e. The summed E-state index contributed by atoms with van der Waals surface area (Å²) in [7, 11) is 0. The van der Waals surface area contributed by atoms with Gasteiger partial charge in [0.2, 0.25) is 5.78 Å². The molecule has 2 rings (SSSR count). The molecule has 0 bridgehead atoms. The molecule has 0 spiro atoms. The quantitative estimate of drug-likeness (QED) is 0.612. The molecule has 6 nitrogen and oxygen atoms in total. The zero-order valence-electron chi connectivity index (χ0n) is 16.8. The molecule has 0 aliphatic rings. The summed E-state index contributed by atoms with van der Waals surface area (Å²) in [5.74, 6) is -0.757. The van der Waals surface area contributed by atoms with E-state index in [-0.39, 0.29) is 17.8 Å². The molecule has 2 aromatic rings. The van der Waals surface area contributed by atoms with Crippen LogP contribution in [0.1, 0.15) is 57.2 Å². The Kier molecular flexibility index (Phi) is 6.53.